The van der Waals surface area contributed by atoms with E-state index < -0.39 is 11.9 Å². The average molecular weight is 331 g/mol. The summed E-state index contributed by atoms with van der Waals surface area (Å²) in [5.41, 5.74) is -0.990. The maximum absolute atomic E-state index is 12.6. The molecule has 0 atom stereocenters. The Balaban J connectivity index is 1.51. The first-order chi connectivity index (χ1) is 10.9. The molecule has 0 spiro atoms. The zero-order valence-electron chi connectivity index (χ0n) is 12.3. The van der Waals surface area contributed by atoms with E-state index in [2.05, 4.69) is 4.98 Å². The number of likely N-dealkylation sites (tertiary alicyclic amines) is 1. The van der Waals surface area contributed by atoms with Crippen molar-refractivity contribution in [3.05, 3.63) is 23.9 Å². The third-order valence-electron chi connectivity index (χ3n) is 3.70. The van der Waals surface area contributed by atoms with Gasteiger partial charge >= 0.3 is 12.2 Å². The second kappa shape index (κ2) is 6.23. The van der Waals surface area contributed by atoms with E-state index in [4.69, 9.17) is 9.47 Å². The quantitative estimate of drug-likeness (QED) is 0.826. The van der Waals surface area contributed by atoms with Crippen LogP contribution in [-0.2, 0) is 10.9 Å². The number of hydrogen-bond acceptors (Lipinski definition) is 4. The van der Waals surface area contributed by atoms with Crippen LogP contribution in [0, 0.1) is 0 Å². The molecule has 0 radical (unpaired) electrons. The van der Waals surface area contributed by atoms with Crippen LogP contribution in [0.4, 0.5) is 18.0 Å². The third-order valence-corrected chi connectivity index (χ3v) is 3.70. The van der Waals surface area contributed by atoms with Crippen molar-refractivity contribution in [2.24, 2.45) is 0 Å². The molecule has 2 fully saturated rings. The maximum atomic E-state index is 12.6. The standard InChI is InChI=1S/C14H16F3N3O3/c15-14(16,17)11-2-1-3-12(18-11)23-10-8-20(9-10)13(21)19-4-6-22-7-5-19/h1-3,10H,4-9H2. The van der Waals surface area contributed by atoms with E-state index in [1.165, 1.54) is 12.1 Å². The summed E-state index contributed by atoms with van der Waals surface area (Å²) in [4.78, 5) is 18.9. The monoisotopic (exact) mass is 331 g/mol. The van der Waals surface area contributed by atoms with E-state index in [0.717, 1.165) is 6.07 Å². The number of rotatable bonds is 2. The summed E-state index contributed by atoms with van der Waals surface area (Å²) in [6.45, 7) is 2.83. The molecule has 126 valence electrons. The second-order valence-electron chi connectivity index (χ2n) is 5.39. The molecule has 2 saturated heterocycles. The Kier molecular flexibility index (Phi) is 4.29. The Morgan fingerprint density at radius 1 is 1.22 bits per heavy atom. The molecule has 0 saturated carbocycles. The molecule has 2 aliphatic heterocycles. The van der Waals surface area contributed by atoms with Crippen LogP contribution < -0.4 is 4.74 Å². The van der Waals surface area contributed by atoms with Gasteiger partial charge in [0.25, 0.3) is 0 Å². The van der Waals surface area contributed by atoms with Crippen molar-refractivity contribution in [3.8, 4) is 5.88 Å². The van der Waals surface area contributed by atoms with Gasteiger partial charge in [0.15, 0.2) is 0 Å². The lowest BCUT2D eigenvalue weighted by Crippen LogP contribution is -2.60. The Bertz CT molecular complexity index is 570. The lowest BCUT2D eigenvalue weighted by atomic mass is 10.2. The number of pyridine rings is 1. The van der Waals surface area contributed by atoms with Gasteiger partial charge in [-0.1, -0.05) is 6.07 Å². The van der Waals surface area contributed by atoms with E-state index in [-0.39, 0.29) is 18.0 Å². The summed E-state index contributed by atoms with van der Waals surface area (Å²) in [5.74, 6) is -0.0803. The Hall–Kier alpha value is -2.03. The van der Waals surface area contributed by atoms with Crippen LogP contribution in [0.5, 0.6) is 5.88 Å². The van der Waals surface area contributed by atoms with Crippen molar-refractivity contribution in [2.45, 2.75) is 12.3 Å². The lowest BCUT2D eigenvalue weighted by Gasteiger charge is -2.42. The van der Waals surface area contributed by atoms with E-state index in [9.17, 15) is 18.0 Å². The van der Waals surface area contributed by atoms with Gasteiger partial charge in [-0.3, -0.25) is 0 Å². The molecule has 1 aromatic rings. The minimum atomic E-state index is -4.50. The second-order valence-corrected chi connectivity index (χ2v) is 5.39. The van der Waals surface area contributed by atoms with Crippen LogP contribution >= 0.6 is 0 Å². The SMILES string of the molecule is O=C(N1CCOCC1)N1CC(Oc2cccc(C(F)(F)F)n2)C1. The highest BCUT2D eigenvalue weighted by Gasteiger charge is 2.36. The van der Waals surface area contributed by atoms with E-state index >= 15 is 0 Å². The van der Waals surface area contributed by atoms with E-state index in [0.29, 0.717) is 39.4 Å². The number of morpholine rings is 1. The third kappa shape index (κ3) is 3.66. The van der Waals surface area contributed by atoms with Crippen molar-refractivity contribution in [2.75, 3.05) is 39.4 Å². The maximum Gasteiger partial charge on any atom is 0.433 e. The van der Waals surface area contributed by atoms with Gasteiger partial charge in [0.05, 0.1) is 26.3 Å². The number of aromatic nitrogens is 1. The smallest absolute Gasteiger partial charge is 0.433 e. The van der Waals surface area contributed by atoms with Crippen LogP contribution in [0.3, 0.4) is 0 Å². The van der Waals surface area contributed by atoms with Crippen molar-refractivity contribution in [1.29, 1.82) is 0 Å². The fourth-order valence-corrected chi connectivity index (χ4v) is 2.43. The predicted molar refractivity (Wildman–Crippen MR) is 73.0 cm³/mol. The molecular weight excluding hydrogens is 315 g/mol. The summed E-state index contributed by atoms with van der Waals surface area (Å²) in [5, 5.41) is 0. The molecule has 2 amide bonds. The molecule has 2 aliphatic rings. The number of urea groups is 1. The Morgan fingerprint density at radius 2 is 1.91 bits per heavy atom. The number of nitrogens with zero attached hydrogens (tertiary/aromatic N) is 3. The van der Waals surface area contributed by atoms with Crippen molar-refractivity contribution < 1.29 is 27.4 Å². The van der Waals surface area contributed by atoms with Crippen molar-refractivity contribution in [3.63, 3.8) is 0 Å². The number of amides is 2. The molecule has 3 rings (SSSR count). The summed E-state index contributed by atoms with van der Waals surface area (Å²) >= 11 is 0. The van der Waals surface area contributed by atoms with Gasteiger partial charge < -0.3 is 19.3 Å². The zero-order chi connectivity index (χ0) is 16.4. The van der Waals surface area contributed by atoms with Gasteiger partial charge in [0.1, 0.15) is 11.8 Å². The van der Waals surface area contributed by atoms with E-state index in [1.807, 2.05) is 0 Å². The van der Waals surface area contributed by atoms with Gasteiger partial charge in [0.2, 0.25) is 5.88 Å². The Morgan fingerprint density at radius 3 is 2.57 bits per heavy atom. The zero-order valence-corrected chi connectivity index (χ0v) is 12.3. The molecule has 0 bridgehead atoms. The molecule has 0 unspecified atom stereocenters. The number of carbonyl (C=O) groups excluding carboxylic acids is 1. The largest absolute Gasteiger partial charge is 0.471 e. The summed E-state index contributed by atoms with van der Waals surface area (Å²) in [7, 11) is 0. The first-order valence-corrected chi connectivity index (χ1v) is 7.26. The van der Waals surface area contributed by atoms with Gasteiger partial charge in [-0.05, 0) is 6.07 Å². The highest BCUT2D eigenvalue weighted by Crippen LogP contribution is 2.29. The van der Waals surface area contributed by atoms with Crippen molar-refractivity contribution >= 4 is 6.03 Å². The molecule has 6 nitrogen and oxygen atoms in total. The van der Waals surface area contributed by atoms with Gasteiger partial charge in [-0.25, -0.2) is 9.78 Å². The van der Waals surface area contributed by atoms with Gasteiger partial charge in [0, 0.05) is 19.2 Å². The number of hydrogen-bond donors (Lipinski definition) is 0. The molecule has 0 aliphatic carbocycles. The van der Waals surface area contributed by atoms with Crippen LogP contribution in [0.15, 0.2) is 18.2 Å². The van der Waals surface area contributed by atoms with Crippen LogP contribution in [0.2, 0.25) is 0 Å². The predicted octanol–water partition coefficient (Wildman–Crippen LogP) is 1.62. The lowest BCUT2D eigenvalue weighted by molar-refractivity contribution is -0.141. The first-order valence-electron chi connectivity index (χ1n) is 7.26. The summed E-state index contributed by atoms with van der Waals surface area (Å²) in [6.07, 6.45) is -4.84. The molecule has 0 N–H and O–H groups in total. The first kappa shape index (κ1) is 15.9. The van der Waals surface area contributed by atoms with Gasteiger partial charge in [-0.2, -0.15) is 13.2 Å². The molecule has 23 heavy (non-hydrogen) atoms. The molecule has 9 heteroatoms. The summed E-state index contributed by atoms with van der Waals surface area (Å²) < 4.78 is 48.4. The molecule has 0 aromatic carbocycles. The number of carbonyl (C=O) groups is 1. The van der Waals surface area contributed by atoms with Crippen molar-refractivity contribution in [1.82, 2.24) is 14.8 Å². The Labute approximate surface area is 130 Å². The van der Waals surface area contributed by atoms with E-state index in [1.54, 1.807) is 9.80 Å². The molecular formula is C14H16F3N3O3. The molecule has 3 heterocycles. The summed E-state index contributed by atoms with van der Waals surface area (Å²) in [6, 6.07) is 3.43. The average Bonchev–Trinajstić information content (AvgIpc) is 2.50. The van der Waals surface area contributed by atoms with Crippen LogP contribution in [0.1, 0.15) is 5.69 Å². The van der Waals surface area contributed by atoms with Crippen LogP contribution in [0.25, 0.3) is 0 Å². The normalized spacial score (nSPS) is 19.4. The minimum absolute atomic E-state index is 0.0803. The van der Waals surface area contributed by atoms with Gasteiger partial charge in [-0.15, -0.1) is 0 Å². The number of alkyl halides is 3. The molecule has 1 aromatic heterocycles. The number of halogens is 3. The highest BCUT2D eigenvalue weighted by molar-refractivity contribution is 5.75. The fraction of sp³-hybridized carbons (Fsp3) is 0.571. The topological polar surface area (TPSA) is 54.9 Å². The fourth-order valence-electron chi connectivity index (χ4n) is 2.43. The highest BCUT2D eigenvalue weighted by atomic mass is 19.4. The van der Waals surface area contributed by atoms with Crippen LogP contribution in [-0.4, -0.2) is 66.3 Å². The number of ether oxygens (including phenoxy) is 2. The minimum Gasteiger partial charge on any atom is -0.471 e.